The van der Waals surface area contributed by atoms with Crippen molar-refractivity contribution in [2.45, 2.75) is 25.4 Å². The minimum absolute atomic E-state index is 0.341. The summed E-state index contributed by atoms with van der Waals surface area (Å²) in [5, 5.41) is 7.68. The molecule has 0 saturated heterocycles. The lowest BCUT2D eigenvalue weighted by molar-refractivity contribution is 0.315. The van der Waals surface area contributed by atoms with E-state index in [1.807, 2.05) is 25.1 Å². The number of nitrogens with two attached hydrogens (primary N) is 1. The maximum Gasteiger partial charge on any atom is 0.202 e. The molecule has 6 nitrogen and oxygen atoms in total. The van der Waals surface area contributed by atoms with Crippen LogP contribution in [0.25, 0.3) is 10.2 Å². The molecular formula is C17H17N5OS. The van der Waals surface area contributed by atoms with Gasteiger partial charge in [0.25, 0.3) is 0 Å². The lowest BCUT2D eigenvalue weighted by Gasteiger charge is -2.30. The van der Waals surface area contributed by atoms with Gasteiger partial charge in [0.2, 0.25) is 5.96 Å². The zero-order valence-electron chi connectivity index (χ0n) is 13.2. The number of hydrogen-bond donors (Lipinski definition) is 3. The van der Waals surface area contributed by atoms with Gasteiger partial charge >= 0.3 is 0 Å². The topological polar surface area (TPSA) is 88.5 Å². The number of aromatic nitrogens is 1. The first-order valence-electron chi connectivity index (χ1n) is 8.00. The zero-order chi connectivity index (χ0) is 16.3. The minimum Gasteiger partial charge on any atom is -0.463 e. The van der Waals surface area contributed by atoms with Gasteiger partial charge in [0.15, 0.2) is 11.4 Å². The van der Waals surface area contributed by atoms with Crippen LogP contribution in [0.15, 0.2) is 39.9 Å². The van der Waals surface area contributed by atoms with Crippen LogP contribution in [0.2, 0.25) is 0 Å². The van der Waals surface area contributed by atoms with Crippen molar-refractivity contribution < 1.29 is 4.42 Å². The second kappa shape index (κ2) is 4.81. The van der Waals surface area contributed by atoms with Crippen LogP contribution in [0.5, 0.6) is 0 Å². The van der Waals surface area contributed by atoms with Crippen molar-refractivity contribution in [3.05, 3.63) is 41.3 Å². The number of aliphatic imine (C=N–C) groups is 1. The molecule has 1 fully saturated rings. The number of benzene rings is 1. The Kier molecular flexibility index (Phi) is 2.81. The van der Waals surface area contributed by atoms with Crippen molar-refractivity contribution >= 4 is 38.9 Å². The molecule has 2 aromatic heterocycles. The molecule has 2 aliphatic rings. The first kappa shape index (κ1) is 14.0. The SMILES string of the molecule is Cc1nc2ccc(NC3=NC(N)(C4CC4)c4occc4N3)cc2s1. The molecule has 3 aromatic rings. The molecule has 1 aliphatic heterocycles. The van der Waals surface area contributed by atoms with Crippen molar-refractivity contribution in [2.75, 3.05) is 10.6 Å². The van der Waals surface area contributed by atoms with E-state index in [4.69, 9.17) is 15.1 Å². The summed E-state index contributed by atoms with van der Waals surface area (Å²) in [5.41, 5.74) is 8.67. The van der Waals surface area contributed by atoms with Crippen LogP contribution in [0.1, 0.15) is 23.6 Å². The van der Waals surface area contributed by atoms with Crippen LogP contribution in [-0.4, -0.2) is 10.9 Å². The number of fused-ring (bicyclic) bond motifs is 2. The Labute approximate surface area is 142 Å². The van der Waals surface area contributed by atoms with Crippen molar-refractivity contribution in [3.8, 4) is 0 Å². The van der Waals surface area contributed by atoms with Gasteiger partial charge in [-0.05, 0) is 38.0 Å². The number of nitrogens with zero attached hydrogens (tertiary/aromatic N) is 2. The third-order valence-corrected chi connectivity index (χ3v) is 5.47. The van der Waals surface area contributed by atoms with Gasteiger partial charge in [-0.2, -0.15) is 0 Å². The summed E-state index contributed by atoms with van der Waals surface area (Å²) in [6.07, 6.45) is 3.82. The molecule has 4 N–H and O–H groups in total. The Bertz CT molecular complexity index is 970. The van der Waals surface area contributed by atoms with Gasteiger partial charge in [-0.1, -0.05) is 0 Å². The van der Waals surface area contributed by atoms with E-state index in [1.54, 1.807) is 17.6 Å². The first-order valence-corrected chi connectivity index (χ1v) is 8.81. The monoisotopic (exact) mass is 339 g/mol. The number of anilines is 2. The van der Waals surface area contributed by atoms with Crippen LogP contribution in [0, 0.1) is 12.8 Å². The number of furan rings is 1. The highest BCUT2D eigenvalue weighted by Gasteiger charge is 2.49. The fourth-order valence-electron chi connectivity index (χ4n) is 3.22. The molecule has 1 aromatic carbocycles. The third kappa shape index (κ3) is 2.12. The number of rotatable bonds is 2. The van der Waals surface area contributed by atoms with Crippen molar-refractivity contribution in [2.24, 2.45) is 16.6 Å². The first-order chi connectivity index (χ1) is 11.6. The van der Waals surface area contributed by atoms with Crippen LogP contribution in [0.3, 0.4) is 0 Å². The highest BCUT2D eigenvalue weighted by Crippen LogP contribution is 2.48. The average molecular weight is 339 g/mol. The van der Waals surface area contributed by atoms with E-state index in [0.717, 1.165) is 45.2 Å². The van der Waals surface area contributed by atoms with Gasteiger partial charge in [-0.25, -0.2) is 9.98 Å². The number of aryl methyl sites for hydroxylation is 1. The predicted octanol–water partition coefficient (Wildman–Crippen LogP) is 3.61. The third-order valence-electron chi connectivity index (χ3n) is 4.54. The molecule has 5 rings (SSSR count). The van der Waals surface area contributed by atoms with E-state index in [1.165, 1.54) is 0 Å². The standard InChI is InChI=1S/C17H17N5OS/c1-9-19-12-5-4-11(8-14(12)24-9)20-16-21-13-6-7-23-15(13)17(18,22-16)10-2-3-10/h4-8,10H,2-3,18H2,1H3,(H2,20,21,22). The predicted molar refractivity (Wildman–Crippen MR) is 96.3 cm³/mol. The number of thiazole rings is 1. The molecule has 24 heavy (non-hydrogen) atoms. The molecule has 122 valence electrons. The van der Waals surface area contributed by atoms with Gasteiger partial charge < -0.3 is 20.8 Å². The Morgan fingerprint density at radius 1 is 1.38 bits per heavy atom. The molecule has 1 aliphatic carbocycles. The summed E-state index contributed by atoms with van der Waals surface area (Å²) >= 11 is 1.68. The smallest absolute Gasteiger partial charge is 0.202 e. The molecule has 3 heterocycles. The van der Waals surface area contributed by atoms with E-state index >= 15 is 0 Å². The van der Waals surface area contributed by atoms with E-state index < -0.39 is 5.66 Å². The zero-order valence-corrected chi connectivity index (χ0v) is 14.0. The second-order valence-electron chi connectivity index (χ2n) is 6.39. The highest BCUT2D eigenvalue weighted by molar-refractivity contribution is 7.18. The van der Waals surface area contributed by atoms with Gasteiger partial charge in [0, 0.05) is 17.7 Å². The Morgan fingerprint density at radius 2 is 2.25 bits per heavy atom. The number of hydrogen-bond acceptors (Lipinski definition) is 7. The van der Waals surface area contributed by atoms with Crippen LogP contribution in [0.4, 0.5) is 11.4 Å². The van der Waals surface area contributed by atoms with Crippen LogP contribution >= 0.6 is 11.3 Å². The highest BCUT2D eigenvalue weighted by atomic mass is 32.1. The summed E-state index contributed by atoms with van der Waals surface area (Å²) in [7, 11) is 0. The van der Waals surface area contributed by atoms with E-state index in [0.29, 0.717) is 11.9 Å². The summed E-state index contributed by atoms with van der Waals surface area (Å²) in [6, 6.07) is 8.01. The Morgan fingerprint density at radius 3 is 3.08 bits per heavy atom. The van der Waals surface area contributed by atoms with Crippen molar-refractivity contribution in [3.63, 3.8) is 0 Å². The average Bonchev–Trinajstić information content (AvgIpc) is 3.19. The van der Waals surface area contributed by atoms with E-state index in [2.05, 4.69) is 21.7 Å². The fourth-order valence-corrected chi connectivity index (χ4v) is 4.09. The van der Waals surface area contributed by atoms with Crippen LogP contribution in [-0.2, 0) is 5.66 Å². The molecule has 0 spiro atoms. The number of guanidine groups is 1. The molecule has 1 saturated carbocycles. The summed E-state index contributed by atoms with van der Waals surface area (Å²) in [6.45, 7) is 2.02. The molecule has 0 amide bonds. The Balaban J connectivity index is 1.50. The van der Waals surface area contributed by atoms with Gasteiger partial charge in [-0.15, -0.1) is 11.3 Å². The van der Waals surface area contributed by atoms with Gasteiger partial charge in [0.05, 0.1) is 27.2 Å². The molecule has 1 unspecified atom stereocenters. The molecule has 0 radical (unpaired) electrons. The normalized spacial score (nSPS) is 22.8. The summed E-state index contributed by atoms with van der Waals surface area (Å²) in [4.78, 5) is 9.23. The summed E-state index contributed by atoms with van der Waals surface area (Å²) in [5.74, 6) is 1.72. The minimum atomic E-state index is -0.780. The molecule has 0 bridgehead atoms. The van der Waals surface area contributed by atoms with E-state index in [9.17, 15) is 0 Å². The number of nitrogens with one attached hydrogen (secondary N) is 2. The molecule has 1 atom stereocenters. The second-order valence-corrected chi connectivity index (χ2v) is 7.62. The molecular weight excluding hydrogens is 322 g/mol. The maximum atomic E-state index is 6.59. The van der Waals surface area contributed by atoms with Gasteiger partial charge in [-0.3, -0.25) is 0 Å². The quantitative estimate of drug-likeness (QED) is 0.664. The van der Waals surface area contributed by atoms with Crippen molar-refractivity contribution in [1.82, 2.24) is 4.98 Å². The van der Waals surface area contributed by atoms with Gasteiger partial charge in [0.1, 0.15) is 0 Å². The maximum absolute atomic E-state index is 6.59. The summed E-state index contributed by atoms with van der Waals surface area (Å²) < 4.78 is 6.75. The lowest BCUT2D eigenvalue weighted by Crippen LogP contribution is -2.44. The molecule has 7 heteroatoms. The van der Waals surface area contributed by atoms with E-state index in [-0.39, 0.29) is 0 Å². The van der Waals surface area contributed by atoms with Crippen LogP contribution < -0.4 is 16.4 Å². The lowest BCUT2D eigenvalue weighted by atomic mass is 10.0. The van der Waals surface area contributed by atoms with Crippen molar-refractivity contribution in [1.29, 1.82) is 0 Å². The largest absolute Gasteiger partial charge is 0.463 e. The Hall–Kier alpha value is -2.38. The fraction of sp³-hybridized carbons (Fsp3) is 0.294.